The minimum Gasteiger partial charge on any atom is -0.309 e. The van der Waals surface area contributed by atoms with E-state index in [4.69, 9.17) is 15.0 Å². The van der Waals surface area contributed by atoms with Crippen molar-refractivity contribution in [3.63, 3.8) is 0 Å². The molecule has 0 bridgehead atoms. The fourth-order valence-corrected chi connectivity index (χ4v) is 10.7. The Labute approximate surface area is 397 Å². The molecule has 4 aromatic heterocycles. The van der Waals surface area contributed by atoms with Crippen LogP contribution in [-0.2, 0) is 0 Å². The van der Waals surface area contributed by atoms with E-state index in [0.717, 1.165) is 99.4 Å². The van der Waals surface area contributed by atoms with Gasteiger partial charge in [0, 0.05) is 54.7 Å². The molecule has 0 unspecified atom stereocenters. The third kappa shape index (κ3) is 6.09. The quantitative estimate of drug-likeness (QED) is 0.160. The van der Waals surface area contributed by atoms with Crippen molar-refractivity contribution < 1.29 is 0 Å². The Morgan fingerprint density at radius 1 is 0.246 bits per heavy atom. The molecule has 0 aliphatic carbocycles. The molecule has 0 atom stereocenters. The summed E-state index contributed by atoms with van der Waals surface area (Å²) in [4.78, 5) is 16.0. The molecular formula is C63H40N6. The molecule has 0 aliphatic heterocycles. The Morgan fingerprint density at radius 2 is 0.638 bits per heavy atom. The van der Waals surface area contributed by atoms with Crippen LogP contribution in [0.15, 0.2) is 243 Å². The van der Waals surface area contributed by atoms with Gasteiger partial charge >= 0.3 is 0 Å². The van der Waals surface area contributed by atoms with Crippen molar-refractivity contribution in [2.75, 3.05) is 0 Å². The summed E-state index contributed by atoms with van der Waals surface area (Å²) in [6.07, 6.45) is 0. The number of fused-ring (bicyclic) bond motifs is 10. The second-order valence-corrected chi connectivity index (χ2v) is 17.6. The molecular weight excluding hydrogens is 841 g/mol. The zero-order chi connectivity index (χ0) is 45.4. The third-order valence-corrected chi connectivity index (χ3v) is 13.7. The largest absolute Gasteiger partial charge is 0.309 e. The van der Waals surface area contributed by atoms with Gasteiger partial charge in [-0.05, 0) is 53.1 Å². The molecule has 10 aromatic carbocycles. The maximum absolute atomic E-state index is 5.44. The van der Waals surface area contributed by atoms with E-state index >= 15 is 0 Å². The minimum absolute atomic E-state index is 0.546. The summed E-state index contributed by atoms with van der Waals surface area (Å²) in [5.74, 6) is 1.75. The van der Waals surface area contributed by atoms with Gasteiger partial charge in [0.05, 0.1) is 38.8 Å². The molecule has 0 radical (unpaired) electrons. The lowest BCUT2D eigenvalue weighted by atomic mass is 9.99. The molecule has 6 nitrogen and oxygen atoms in total. The van der Waals surface area contributed by atoms with Gasteiger partial charge < -0.3 is 9.13 Å². The number of nitrogens with zero attached hydrogens (tertiary/aromatic N) is 6. The van der Waals surface area contributed by atoms with Crippen LogP contribution >= 0.6 is 0 Å². The van der Waals surface area contributed by atoms with Crippen LogP contribution in [0.25, 0.3) is 128 Å². The smallest absolute Gasteiger partial charge is 0.238 e. The minimum atomic E-state index is 0.546. The molecule has 0 amide bonds. The van der Waals surface area contributed by atoms with E-state index in [2.05, 4.69) is 232 Å². The van der Waals surface area contributed by atoms with Crippen molar-refractivity contribution in [2.24, 2.45) is 0 Å². The van der Waals surface area contributed by atoms with Crippen LogP contribution in [0.4, 0.5) is 0 Å². The lowest BCUT2D eigenvalue weighted by Crippen LogP contribution is -2.07. The molecule has 14 rings (SSSR count). The molecule has 4 heterocycles. The number of rotatable bonds is 7. The highest BCUT2D eigenvalue weighted by atomic mass is 15.2. The molecule has 0 saturated carbocycles. The van der Waals surface area contributed by atoms with E-state index in [1.807, 2.05) is 24.3 Å². The fourth-order valence-electron chi connectivity index (χ4n) is 10.7. The van der Waals surface area contributed by atoms with E-state index in [1.54, 1.807) is 0 Å². The van der Waals surface area contributed by atoms with Gasteiger partial charge in [0.2, 0.25) is 5.95 Å². The molecule has 69 heavy (non-hydrogen) atoms. The zero-order valence-electron chi connectivity index (χ0n) is 37.3. The summed E-state index contributed by atoms with van der Waals surface area (Å²) in [5.41, 5.74) is 15.1. The first-order valence-electron chi connectivity index (χ1n) is 23.4. The van der Waals surface area contributed by atoms with Crippen molar-refractivity contribution in [3.8, 4) is 62.4 Å². The predicted octanol–water partition coefficient (Wildman–Crippen LogP) is 15.8. The van der Waals surface area contributed by atoms with E-state index in [1.165, 1.54) is 10.8 Å². The van der Waals surface area contributed by atoms with Crippen molar-refractivity contribution in [2.45, 2.75) is 0 Å². The van der Waals surface area contributed by atoms with Crippen LogP contribution < -0.4 is 0 Å². The first-order valence-corrected chi connectivity index (χ1v) is 23.4. The topological polar surface area (TPSA) is 53.5 Å². The van der Waals surface area contributed by atoms with Gasteiger partial charge in [-0.1, -0.05) is 206 Å². The van der Waals surface area contributed by atoms with Gasteiger partial charge in [0.15, 0.2) is 11.6 Å². The Balaban J connectivity index is 1.12. The Morgan fingerprint density at radius 3 is 1.22 bits per heavy atom. The normalized spacial score (nSPS) is 11.8. The Kier molecular flexibility index (Phi) is 8.79. The van der Waals surface area contributed by atoms with Gasteiger partial charge in [-0.25, -0.2) is 4.98 Å². The van der Waals surface area contributed by atoms with Crippen molar-refractivity contribution in [1.82, 2.24) is 28.7 Å². The van der Waals surface area contributed by atoms with Crippen molar-refractivity contribution in [1.29, 1.82) is 0 Å². The van der Waals surface area contributed by atoms with Crippen LogP contribution in [-0.4, -0.2) is 28.7 Å². The van der Waals surface area contributed by atoms with E-state index in [9.17, 15) is 0 Å². The Hall–Kier alpha value is -9.39. The van der Waals surface area contributed by atoms with Gasteiger partial charge in [-0.15, -0.1) is 0 Å². The lowest BCUT2D eigenvalue weighted by molar-refractivity contribution is 0.953. The Bertz CT molecular complexity index is 4270. The second kappa shape index (κ2) is 15.6. The van der Waals surface area contributed by atoms with Gasteiger partial charge in [0.1, 0.15) is 0 Å². The summed E-state index contributed by atoms with van der Waals surface area (Å²) in [5, 5.41) is 6.93. The SMILES string of the molecule is c1ccc(-c2ccc(-c3nc(-c4ccccc4)nc(-n4c5ccccc5c5ccc6c7ccccc7n(-c7ccc8c9ccccc9n(-c9ccccc9)c8c7-c7ccccc7)c6c54)n3)cc2)cc1. The maximum Gasteiger partial charge on any atom is 0.238 e. The first-order chi connectivity index (χ1) is 34.3. The molecule has 14 aromatic rings. The zero-order valence-corrected chi connectivity index (χ0v) is 37.3. The first kappa shape index (κ1) is 38.8. The van der Waals surface area contributed by atoms with Crippen LogP contribution in [0.3, 0.4) is 0 Å². The van der Waals surface area contributed by atoms with Gasteiger partial charge in [0.25, 0.3) is 0 Å². The number of aromatic nitrogens is 6. The summed E-state index contributed by atoms with van der Waals surface area (Å²) < 4.78 is 7.22. The monoisotopic (exact) mass is 880 g/mol. The van der Waals surface area contributed by atoms with E-state index < -0.39 is 0 Å². The number of para-hydroxylation sites is 4. The number of benzene rings is 10. The lowest BCUT2D eigenvalue weighted by Gasteiger charge is -2.19. The molecule has 322 valence electrons. The summed E-state index contributed by atoms with van der Waals surface area (Å²) >= 11 is 0. The van der Waals surface area contributed by atoms with Crippen LogP contribution in [0, 0.1) is 0 Å². The molecule has 0 aliphatic rings. The average molecular weight is 881 g/mol. The third-order valence-electron chi connectivity index (χ3n) is 13.7. The van der Waals surface area contributed by atoms with E-state index in [-0.39, 0.29) is 0 Å². The van der Waals surface area contributed by atoms with Crippen molar-refractivity contribution in [3.05, 3.63) is 243 Å². The molecule has 0 saturated heterocycles. The average Bonchev–Trinajstić information content (AvgIpc) is 4.07. The number of hydrogen-bond donors (Lipinski definition) is 0. The molecule has 0 spiro atoms. The molecule has 6 heteroatoms. The summed E-state index contributed by atoms with van der Waals surface area (Å²) in [6.45, 7) is 0. The van der Waals surface area contributed by atoms with Crippen LogP contribution in [0.2, 0.25) is 0 Å². The summed E-state index contributed by atoms with van der Waals surface area (Å²) in [7, 11) is 0. The fraction of sp³-hybridized carbons (Fsp3) is 0. The maximum atomic E-state index is 5.44. The van der Waals surface area contributed by atoms with Crippen LogP contribution in [0.1, 0.15) is 0 Å². The highest BCUT2D eigenvalue weighted by molar-refractivity contribution is 6.24. The predicted molar refractivity (Wildman–Crippen MR) is 285 cm³/mol. The van der Waals surface area contributed by atoms with Gasteiger partial charge in [-0.2, -0.15) is 9.97 Å². The van der Waals surface area contributed by atoms with E-state index in [0.29, 0.717) is 17.6 Å². The highest BCUT2D eigenvalue weighted by Gasteiger charge is 2.27. The highest BCUT2D eigenvalue weighted by Crippen LogP contribution is 2.46. The molecule has 0 N–H and O–H groups in total. The molecule has 0 fully saturated rings. The summed E-state index contributed by atoms with van der Waals surface area (Å²) in [6, 6.07) is 86.3. The number of hydrogen-bond acceptors (Lipinski definition) is 3. The van der Waals surface area contributed by atoms with Crippen molar-refractivity contribution >= 4 is 65.4 Å². The second-order valence-electron chi connectivity index (χ2n) is 17.6. The van der Waals surface area contributed by atoms with Gasteiger partial charge in [-0.3, -0.25) is 4.57 Å². The van der Waals surface area contributed by atoms with Crippen LogP contribution in [0.5, 0.6) is 0 Å². The standard InChI is InChI=1S/C63H40N6/c1-5-19-41(20-6-1)42-33-35-45(36-34-42)62-64-61(44-23-9-3-10-24-44)65-63(66-62)69-55-32-18-15-29-49(55)52-38-37-51-48-28-14-17-31-54(48)68(59(51)60(52)69)56-40-39-50-47-27-13-16-30-53(47)67(46-25-11-4-12-26-46)58(50)57(56)43-21-7-2-8-22-43/h1-40H.